The fraction of sp³-hybridized carbons (Fsp3) is 0.500. The molecule has 0 saturated heterocycles. The summed E-state index contributed by atoms with van der Waals surface area (Å²) < 4.78 is 16.8. The highest BCUT2D eigenvalue weighted by Crippen LogP contribution is 2.37. The third-order valence-electron chi connectivity index (χ3n) is 7.39. The van der Waals surface area contributed by atoms with E-state index in [2.05, 4.69) is 10.6 Å². The summed E-state index contributed by atoms with van der Waals surface area (Å²) in [7, 11) is 0. The third kappa shape index (κ3) is 11.1. The SMILES string of the molecule is CC(=O)NC(C)Cc1ccc(OCC(=O)O)cc1.NC(=O)c1cc2c(cc1OCC1CCCCC1)OCCCC2NC=O. The number of carboxylic acid groups (broad SMARTS) is 1. The molecular weight excluding hydrogens is 554 g/mol. The average Bonchev–Trinajstić information content (AvgIpc) is 3.17. The van der Waals surface area contributed by atoms with Crippen LogP contribution in [0.5, 0.6) is 17.2 Å². The van der Waals surface area contributed by atoms with Crippen molar-refractivity contribution in [3.05, 3.63) is 53.1 Å². The number of carbonyl (C=O) groups excluding carboxylic acids is 3. The summed E-state index contributed by atoms with van der Waals surface area (Å²) in [5.74, 6) is 0.592. The molecule has 1 heterocycles. The van der Waals surface area contributed by atoms with Gasteiger partial charge in [0.1, 0.15) is 17.2 Å². The molecule has 2 atom stereocenters. The molecule has 0 bridgehead atoms. The summed E-state index contributed by atoms with van der Waals surface area (Å²) >= 11 is 0. The van der Waals surface area contributed by atoms with Gasteiger partial charge in [0.15, 0.2) is 6.61 Å². The van der Waals surface area contributed by atoms with Gasteiger partial charge in [-0.1, -0.05) is 31.4 Å². The fourth-order valence-electron chi connectivity index (χ4n) is 5.35. The monoisotopic (exact) mass is 597 g/mol. The maximum atomic E-state index is 11.9. The van der Waals surface area contributed by atoms with E-state index in [4.69, 9.17) is 25.1 Å². The number of carboxylic acids is 1. The lowest BCUT2D eigenvalue weighted by molar-refractivity contribution is -0.139. The van der Waals surface area contributed by atoms with E-state index in [1.807, 2.05) is 19.1 Å². The summed E-state index contributed by atoms with van der Waals surface area (Å²) in [6.45, 7) is 4.23. The molecule has 2 unspecified atom stereocenters. The Morgan fingerprint density at radius 2 is 1.79 bits per heavy atom. The van der Waals surface area contributed by atoms with Crippen molar-refractivity contribution in [1.82, 2.24) is 10.6 Å². The Morgan fingerprint density at radius 3 is 2.42 bits per heavy atom. The largest absolute Gasteiger partial charge is 0.493 e. The summed E-state index contributed by atoms with van der Waals surface area (Å²) in [5, 5.41) is 14.1. The van der Waals surface area contributed by atoms with Gasteiger partial charge in [-0.3, -0.25) is 14.4 Å². The van der Waals surface area contributed by atoms with Gasteiger partial charge in [-0.15, -0.1) is 0 Å². The van der Waals surface area contributed by atoms with Crippen LogP contribution < -0.4 is 30.6 Å². The number of carbonyl (C=O) groups is 4. The highest BCUT2D eigenvalue weighted by atomic mass is 16.5. The molecule has 11 nitrogen and oxygen atoms in total. The van der Waals surface area contributed by atoms with Crippen LogP contribution in [-0.4, -0.2) is 55.2 Å². The van der Waals surface area contributed by atoms with Crippen LogP contribution in [0, 0.1) is 5.92 Å². The topological polar surface area (TPSA) is 166 Å². The Morgan fingerprint density at radius 1 is 1.07 bits per heavy atom. The maximum Gasteiger partial charge on any atom is 0.341 e. The molecular formula is C32H43N3O8. The number of primary amides is 1. The average molecular weight is 598 g/mol. The zero-order valence-electron chi connectivity index (χ0n) is 24.9. The number of benzene rings is 2. The molecule has 2 aromatic carbocycles. The predicted molar refractivity (Wildman–Crippen MR) is 160 cm³/mol. The number of nitrogens with two attached hydrogens (primary N) is 1. The van der Waals surface area contributed by atoms with Crippen molar-refractivity contribution in [2.24, 2.45) is 11.7 Å². The van der Waals surface area contributed by atoms with Crippen molar-refractivity contribution in [3.63, 3.8) is 0 Å². The molecule has 0 spiro atoms. The van der Waals surface area contributed by atoms with Crippen molar-refractivity contribution < 1.29 is 38.5 Å². The molecule has 11 heteroatoms. The van der Waals surface area contributed by atoms with Crippen LogP contribution in [0.1, 0.15) is 86.3 Å². The lowest BCUT2D eigenvalue weighted by atomic mass is 9.90. The lowest BCUT2D eigenvalue weighted by Gasteiger charge is -2.23. The first-order valence-electron chi connectivity index (χ1n) is 14.8. The molecule has 4 rings (SSSR count). The van der Waals surface area contributed by atoms with Crippen LogP contribution in [-0.2, 0) is 20.8 Å². The Balaban J connectivity index is 0.000000250. The highest BCUT2D eigenvalue weighted by molar-refractivity contribution is 5.96. The minimum absolute atomic E-state index is 0.0519. The number of ether oxygens (including phenoxy) is 3. The van der Waals surface area contributed by atoms with Crippen molar-refractivity contribution in [1.29, 1.82) is 0 Å². The second-order valence-corrected chi connectivity index (χ2v) is 11.0. The molecule has 2 aliphatic rings. The van der Waals surface area contributed by atoms with E-state index in [1.165, 1.54) is 39.0 Å². The number of nitrogens with one attached hydrogen (secondary N) is 2. The quantitative estimate of drug-likeness (QED) is 0.267. The van der Waals surface area contributed by atoms with Crippen molar-refractivity contribution in [2.75, 3.05) is 19.8 Å². The van der Waals surface area contributed by atoms with E-state index < -0.39 is 11.9 Å². The van der Waals surface area contributed by atoms with Gasteiger partial charge in [0.2, 0.25) is 12.3 Å². The van der Waals surface area contributed by atoms with Crippen LogP contribution in [0.4, 0.5) is 0 Å². The molecule has 1 saturated carbocycles. The first-order chi connectivity index (χ1) is 20.7. The molecule has 0 radical (unpaired) electrons. The minimum atomic E-state index is -1.00. The van der Waals surface area contributed by atoms with Gasteiger partial charge < -0.3 is 35.7 Å². The second-order valence-electron chi connectivity index (χ2n) is 11.0. The van der Waals surface area contributed by atoms with Crippen LogP contribution in [0.15, 0.2) is 36.4 Å². The Labute approximate surface area is 252 Å². The van der Waals surface area contributed by atoms with Crippen LogP contribution >= 0.6 is 0 Å². The number of hydrogen-bond acceptors (Lipinski definition) is 7. The van der Waals surface area contributed by atoms with E-state index in [0.29, 0.717) is 48.4 Å². The molecule has 1 aliphatic heterocycles. The predicted octanol–water partition coefficient (Wildman–Crippen LogP) is 3.92. The molecule has 1 fully saturated rings. The van der Waals surface area contributed by atoms with E-state index >= 15 is 0 Å². The number of aliphatic carboxylic acids is 1. The fourth-order valence-corrected chi connectivity index (χ4v) is 5.35. The van der Waals surface area contributed by atoms with Gasteiger partial charge in [0.05, 0.1) is 24.8 Å². The van der Waals surface area contributed by atoms with Crippen molar-refractivity contribution in [3.8, 4) is 17.2 Å². The number of rotatable bonds is 12. The van der Waals surface area contributed by atoms with Gasteiger partial charge in [-0.05, 0) is 68.7 Å². The number of amides is 3. The van der Waals surface area contributed by atoms with Gasteiger partial charge >= 0.3 is 5.97 Å². The molecule has 2 aromatic rings. The molecule has 1 aliphatic carbocycles. The molecule has 43 heavy (non-hydrogen) atoms. The van der Waals surface area contributed by atoms with E-state index in [-0.39, 0.29) is 24.6 Å². The Kier molecular flexibility index (Phi) is 13.1. The Hall–Kier alpha value is -4.28. The first-order valence-corrected chi connectivity index (χ1v) is 14.8. The second kappa shape index (κ2) is 17.0. The van der Waals surface area contributed by atoms with Crippen LogP contribution in [0.25, 0.3) is 0 Å². The van der Waals surface area contributed by atoms with Crippen molar-refractivity contribution in [2.45, 2.75) is 77.3 Å². The van der Waals surface area contributed by atoms with Gasteiger partial charge in [-0.2, -0.15) is 0 Å². The number of fused-ring (bicyclic) bond motifs is 1. The number of hydrogen-bond donors (Lipinski definition) is 4. The highest BCUT2D eigenvalue weighted by Gasteiger charge is 2.24. The third-order valence-corrected chi connectivity index (χ3v) is 7.39. The zero-order chi connectivity index (χ0) is 31.2. The standard InChI is InChI=1S/C19H26N2O4.C13H17NO4/c20-19(23)15-9-14-16(21-12-22)7-4-8-24-17(14)10-18(15)25-11-13-5-2-1-3-6-13;1-9(14-10(2)15)7-11-3-5-12(6-4-11)18-8-13(16)17/h9-10,12-13,16H,1-8,11H2,(H2,20,23)(H,21,22);3-6,9H,7-8H2,1-2H3,(H,14,15)(H,16,17). The van der Waals surface area contributed by atoms with Crippen molar-refractivity contribution >= 4 is 24.2 Å². The molecule has 234 valence electrons. The van der Waals surface area contributed by atoms with Gasteiger partial charge in [0, 0.05) is 24.6 Å². The van der Waals surface area contributed by atoms with E-state index in [9.17, 15) is 19.2 Å². The van der Waals surface area contributed by atoms with E-state index in [1.54, 1.807) is 24.3 Å². The lowest BCUT2D eigenvalue weighted by Crippen LogP contribution is -2.31. The normalized spacial score (nSPS) is 16.9. The summed E-state index contributed by atoms with van der Waals surface area (Å²) in [6.07, 6.45) is 9.08. The summed E-state index contributed by atoms with van der Waals surface area (Å²) in [4.78, 5) is 44.0. The van der Waals surface area contributed by atoms with Gasteiger partial charge in [-0.25, -0.2) is 4.79 Å². The zero-order valence-corrected chi connectivity index (χ0v) is 24.9. The molecule has 3 amide bonds. The maximum absolute atomic E-state index is 11.9. The van der Waals surface area contributed by atoms with Gasteiger partial charge in [0.25, 0.3) is 5.91 Å². The smallest absolute Gasteiger partial charge is 0.341 e. The first kappa shape index (κ1) is 33.2. The molecule has 5 N–H and O–H groups in total. The van der Waals surface area contributed by atoms with Crippen LogP contribution in [0.3, 0.4) is 0 Å². The minimum Gasteiger partial charge on any atom is -0.493 e. The van der Waals surface area contributed by atoms with Crippen LogP contribution in [0.2, 0.25) is 0 Å². The Bertz CT molecular complexity index is 1230. The molecule has 0 aromatic heterocycles. The summed E-state index contributed by atoms with van der Waals surface area (Å²) in [6, 6.07) is 10.5. The van der Waals surface area contributed by atoms with E-state index in [0.717, 1.165) is 30.4 Å². The summed E-state index contributed by atoms with van der Waals surface area (Å²) in [5.41, 5.74) is 7.75.